The summed E-state index contributed by atoms with van der Waals surface area (Å²) in [7, 11) is 0. The molecule has 0 unspecified atom stereocenters. The zero-order chi connectivity index (χ0) is 17.7. The molecule has 0 spiro atoms. The quantitative estimate of drug-likeness (QED) is 0.515. The third-order valence-electron chi connectivity index (χ3n) is 3.73. The van der Waals surface area contributed by atoms with Crippen molar-refractivity contribution in [2.45, 2.75) is 26.7 Å². The number of nitro benzene ring substituents is 1. The van der Waals surface area contributed by atoms with E-state index in [1.54, 1.807) is 6.92 Å². The van der Waals surface area contributed by atoms with Crippen molar-refractivity contribution in [3.8, 4) is 0 Å². The molecule has 2 aromatic carbocycles. The lowest BCUT2D eigenvalue weighted by atomic mass is 10.0. The third-order valence-corrected chi connectivity index (χ3v) is 3.73. The van der Waals surface area contributed by atoms with Crippen LogP contribution in [0.15, 0.2) is 47.6 Å². The van der Waals surface area contributed by atoms with E-state index in [1.807, 2.05) is 24.3 Å². The number of carbonyl (C=O) groups excluding carboxylic acids is 1. The van der Waals surface area contributed by atoms with Gasteiger partial charge in [0.15, 0.2) is 0 Å². The number of nitrogens with one attached hydrogen (secondary N) is 1. The molecule has 0 aliphatic rings. The van der Waals surface area contributed by atoms with E-state index in [-0.39, 0.29) is 11.3 Å². The molecule has 124 valence electrons. The Morgan fingerprint density at radius 1 is 1.21 bits per heavy atom. The van der Waals surface area contributed by atoms with E-state index in [9.17, 15) is 14.9 Å². The average molecular weight is 325 g/mol. The minimum atomic E-state index is -0.508. The van der Waals surface area contributed by atoms with Crippen LogP contribution in [0.2, 0.25) is 0 Å². The van der Waals surface area contributed by atoms with Crippen LogP contribution in [-0.2, 0) is 0 Å². The summed E-state index contributed by atoms with van der Waals surface area (Å²) in [5.74, 6) is -0.0289. The topological polar surface area (TPSA) is 84.6 Å². The Balaban J connectivity index is 2.08. The Morgan fingerprint density at radius 3 is 2.46 bits per heavy atom. The maximum Gasteiger partial charge on any atom is 0.273 e. The summed E-state index contributed by atoms with van der Waals surface area (Å²) in [6, 6.07) is 12.2. The molecule has 0 heterocycles. The molecule has 0 saturated heterocycles. The molecule has 1 amide bonds. The van der Waals surface area contributed by atoms with Crippen LogP contribution >= 0.6 is 0 Å². The molecule has 1 N–H and O–H groups in total. The molecular weight excluding hydrogens is 306 g/mol. The number of nitro groups is 1. The molecular formula is C18H19N3O3. The molecule has 0 saturated carbocycles. The standard InChI is InChI=1S/C18H19N3O3/c1-12(2)15-9-7-14(8-10-15)11-19-20-18(22)16-5-4-6-17(13(16)3)21(23)24/h4-12H,1-3H3,(H,20,22)/b19-11-. The molecule has 0 fully saturated rings. The average Bonchev–Trinajstić information content (AvgIpc) is 2.55. The van der Waals surface area contributed by atoms with E-state index in [0.29, 0.717) is 11.5 Å². The second-order valence-corrected chi connectivity index (χ2v) is 5.73. The fourth-order valence-corrected chi connectivity index (χ4v) is 2.26. The van der Waals surface area contributed by atoms with E-state index in [1.165, 1.54) is 30.0 Å². The number of benzene rings is 2. The van der Waals surface area contributed by atoms with Crippen molar-refractivity contribution in [3.63, 3.8) is 0 Å². The van der Waals surface area contributed by atoms with Gasteiger partial charge in [-0.3, -0.25) is 14.9 Å². The number of hydrogen-bond donors (Lipinski definition) is 1. The van der Waals surface area contributed by atoms with Gasteiger partial charge in [0.2, 0.25) is 0 Å². The first-order valence-corrected chi connectivity index (χ1v) is 7.57. The number of amides is 1. The zero-order valence-electron chi connectivity index (χ0n) is 13.8. The van der Waals surface area contributed by atoms with E-state index in [0.717, 1.165) is 5.56 Å². The molecule has 0 aliphatic heterocycles. The molecule has 0 bridgehead atoms. The maximum absolute atomic E-state index is 12.1. The highest BCUT2D eigenvalue weighted by atomic mass is 16.6. The van der Waals surface area contributed by atoms with Crippen LogP contribution in [0.5, 0.6) is 0 Å². The normalized spacial score (nSPS) is 11.0. The summed E-state index contributed by atoms with van der Waals surface area (Å²) in [5, 5.41) is 14.8. The second-order valence-electron chi connectivity index (χ2n) is 5.73. The molecule has 2 rings (SSSR count). The van der Waals surface area contributed by atoms with Crippen LogP contribution in [0.3, 0.4) is 0 Å². The van der Waals surface area contributed by atoms with Gasteiger partial charge in [-0.05, 0) is 30.0 Å². The van der Waals surface area contributed by atoms with Crippen LogP contribution in [0.25, 0.3) is 0 Å². The van der Waals surface area contributed by atoms with E-state index >= 15 is 0 Å². The van der Waals surface area contributed by atoms with Crippen molar-refractivity contribution in [2.75, 3.05) is 0 Å². The van der Waals surface area contributed by atoms with Gasteiger partial charge in [0, 0.05) is 11.6 Å². The lowest BCUT2D eigenvalue weighted by Crippen LogP contribution is -2.19. The summed E-state index contributed by atoms with van der Waals surface area (Å²) in [6.45, 7) is 5.77. The summed E-state index contributed by atoms with van der Waals surface area (Å²) < 4.78 is 0. The van der Waals surface area contributed by atoms with Crippen molar-refractivity contribution in [3.05, 3.63) is 74.8 Å². The third kappa shape index (κ3) is 4.04. The van der Waals surface area contributed by atoms with Crippen molar-refractivity contribution in [1.29, 1.82) is 0 Å². The fourth-order valence-electron chi connectivity index (χ4n) is 2.26. The number of hydrazone groups is 1. The molecule has 24 heavy (non-hydrogen) atoms. The van der Waals surface area contributed by atoms with Crippen LogP contribution in [0.4, 0.5) is 5.69 Å². The lowest BCUT2D eigenvalue weighted by Gasteiger charge is -2.05. The number of hydrogen-bond acceptors (Lipinski definition) is 4. The molecule has 0 aliphatic carbocycles. The molecule has 0 radical (unpaired) electrons. The van der Waals surface area contributed by atoms with E-state index in [2.05, 4.69) is 24.4 Å². The van der Waals surface area contributed by atoms with Gasteiger partial charge in [0.25, 0.3) is 11.6 Å². The Labute approximate surface area is 140 Å². The fraction of sp³-hybridized carbons (Fsp3) is 0.222. The van der Waals surface area contributed by atoms with Crippen LogP contribution in [0, 0.1) is 17.0 Å². The Hall–Kier alpha value is -3.02. The van der Waals surface area contributed by atoms with E-state index < -0.39 is 10.8 Å². The lowest BCUT2D eigenvalue weighted by molar-refractivity contribution is -0.385. The molecule has 6 nitrogen and oxygen atoms in total. The van der Waals surface area contributed by atoms with Gasteiger partial charge >= 0.3 is 0 Å². The Morgan fingerprint density at radius 2 is 1.88 bits per heavy atom. The summed E-state index contributed by atoms with van der Waals surface area (Å²) >= 11 is 0. The molecule has 0 aromatic heterocycles. The summed E-state index contributed by atoms with van der Waals surface area (Å²) in [4.78, 5) is 22.5. The summed E-state index contributed by atoms with van der Waals surface area (Å²) in [6.07, 6.45) is 1.54. The van der Waals surface area contributed by atoms with Gasteiger partial charge in [0.05, 0.1) is 16.7 Å². The van der Waals surface area contributed by atoms with Gasteiger partial charge in [-0.25, -0.2) is 5.43 Å². The predicted octanol–water partition coefficient (Wildman–Crippen LogP) is 3.79. The number of nitrogens with zero attached hydrogens (tertiary/aromatic N) is 2. The van der Waals surface area contributed by atoms with Crippen LogP contribution in [-0.4, -0.2) is 17.0 Å². The minimum Gasteiger partial charge on any atom is -0.267 e. The van der Waals surface area contributed by atoms with Crippen molar-refractivity contribution < 1.29 is 9.72 Å². The minimum absolute atomic E-state index is 0.0871. The first-order chi connectivity index (χ1) is 11.4. The van der Waals surface area contributed by atoms with Gasteiger partial charge in [-0.2, -0.15) is 5.10 Å². The van der Waals surface area contributed by atoms with E-state index in [4.69, 9.17) is 0 Å². The van der Waals surface area contributed by atoms with Crippen molar-refractivity contribution in [1.82, 2.24) is 5.43 Å². The highest BCUT2D eigenvalue weighted by Gasteiger charge is 2.17. The van der Waals surface area contributed by atoms with Gasteiger partial charge in [-0.15, -0.1) is 0 Å². The summed E-state index contributed by atoms with van der Waals surface area (Å²) in [5.41, 5.74) is 4.94. The molecule has 0 atom stereocenters. The van der Waals surface area contributed by atoms with Gasteiger partial charge in [-0.1, -0.05) is 44.2 Å². The number of rotatable bonds is 5. The number of carbonyl (C=O) groups is 1. The SMILES string of the molecule is Cc1c(C(=O)N/N=C\c2ccc(C(C)C)cc2)cccc1[N+](=O)[O-]. The molecule has 2 aromatic rings. The van der Waals surface area contributed by atoms with Gasteiger partial charge in [0.1, 0.15) is 0 Å². The monoisotopic (exact) mass is 325 g/mol. The first-order valence-electron chi connectivity index (χ1n) is 7.57. The second kappa shape index (κ2) is 7.50. The Bertz CT molecular complexity index is 781. The smallest absolute Gasteiger partial charge is 0.267 e. The highest BCUT2D eigenvalue weighted by Crippen LogP contribution is 2.20. The van der Waals surface area contributed by atoms with Crippen molar-refractivity contribution in [2.24, 2.45) is 5.10 Å². The Kier molecular flexibility index (Phi) is 5.42. The first kappa shape index (κ1) is 17.3. The largest absolute Gasteiger partial charge is 0.273 e. The van der Waals surface area contributed by atoms with Gasteiger partial charge < -0.3 is 0 Å². The highest BCUT2D eigenvalue weighted by molar-refractivity contribution is 5.97. The zero-order valence-corrected chi connectivity index (χ0v) is 13.8. The van der Waals surface area contributed by atoms with Crippen LogP contribution in [0.1, 0.15) is 46.8 Å². The molecule has 6 heteroatoms. The van der Waals surface area contributed by atoms with Crippen molar-refractivity contribution >= 4 is 17.8 Å². The maximum atomic E-state index is 12.1. The van der Waals surface area contributed by atoms with Crippen LogP contribution < -0.4 is 5.43 Å². The predicted molar refractivity (Wildman–Crippen MR) is 93.4 cm³/mol.